The van der Waals surface area contributed by atoms with Crippen LogP contribution in [0.15, 0.2) is 41.3 Å². The molecule has 0 amide bonds. The first-order valence-corrected chi connectivity index (χ1v) is 11.7. The topological polar surface area (TPSA) is 49.4 Å². The van der Waals surface area contributed by atoms with E-state index in [0.717, 1.165) is 49.4 Å². The summed E-state index contributed by atoms with van der Waals surface area (Å²) < 4.78 is 28.4. The summed E-state index contributed by atoms with van der Waals surface area (Å²) in [7, 11) is -3.56. The van der Waals surface area contributed by atoms with Gasteiger partial charge < -0.3 is 4.90 Å². The summed E-state index contributed by atoms with van der Waals surface area (Å²) in [6, 6.07) is 11.5. The minimum absolute atomic E-state index is 0.356. The quantitative estimate of drug-likeness (QED) is 0.865. The van der Waals surface area contributed by atoms with E-state index in [4.69, 9.17) is 0 Å². The second-order valence-electron chi connectivity index (χ2n) is 6.99. The van der Waals surface area contributed by atoms with Gasteiger partial charge in [-0.25, -0.2) is 8.42 Å². The van der Waals surface area contributed by atoms with Crippen molar-refractivity contribution in [2.24, 2.45) is 0 Å². The van der Waals surface area contributed by atoms with Gasteiger partial charge >= 0.3 is 0 Å². The molecule has 4 nitrogen and oxygen atoms in total. The molecule has 1 fully saturated rings. The molecular formula is C20H24N2O2S2. The molecule has 1 aliphatic heterocycles. The normalized spacial score (nSPS) is 17.2. The number of hydrogen-bond acceptors (Lipinski definition) is 4. The summed E-state index contributed by atoms with van der Waals surface area (Å²) in [5, 5.41) is 0. The summed E-state index contributed by atoms with van der Waals surface area (Å²) in [4.78, 5) is 2.72. The lowest BCUT2D eigenvalue weighted by atomic mass is 10.1. The Bertz CT molecular complexity index is 919. The molecule has 1 heterocycles. The van der Waals surface area contributed by atoms with Gasteiger partial charge in [0, 0.05) is 30.3 Å². The van der Waals surface area contributed by atoms with Crippen molar-refractivity contribution in [3.05, 3.63) is 53.1 Å². The third-order valence-electron chi connectivity index (χ3n) is 5.21. The van der Waals surface area contributed by atoms with Crippen LogP contribution in [-0.2, 0) is 22.9 Å². The Hall–Kier alpha value is -1.66. The van der Waals surface area contributed by atoms with E-state index >= 15 is 0 Å². The second-order valence-corrected chi connectivity index (χ2v) is 9.90. The van der Waals surface area contributed by atoms with Crippen LogP contribution in [0, 0.1) is 6.92 Å². The van der Waals surface area contributed by atoms with Gasteiger partial charge in [-0.15, -0.1) is 0 Å². The van der Waals surface area contributed by atoms with Crippen molar-refractivity contribution < 1.29 is 8.42 Å². The molecule has 1 saturated heterocycles. The molecule has 0 bridgehead atoms. The zero-order chi connectivity index (χ0) is 18.1. The van der Waals surface area contributed by atoms with E-state index in [9.17, 15) is 8.42 Å². The minimum Gasteiger partial charge on any atom is -0.370 e. The number of nitrogens with one attached hydrogen (secondary N) is 1. The lowest BCUT2D eigenvalue weighted by molar-refractivity contribution is 0.601. The zero-order valence-electron chi connectivity index (χ0n) is 15.0. The van der Waals surface area contributed by atoms with E-state index in [1.165, 1.54) is 16.8 Å². The average Bonchev–Trinajstić information content (AvgIpc) is 3.12. The van der Waals surface area contributed by atoms with Crippen molar-refractivity contribution in [2.45, 2.75) is 31.1 Å². The van der Waals surface area contributed by atoms with Crippen LogP contribution >= 0.6 is 11.8 Å². The maximum absolute atomic E-state index is 12.8. The largest absolute Gasteiger partial charge is 0.370 e. The van der Waals surface area contributed by atoms with Gasteiger partial charge in [0.15, 0.2) is 0 Å². The molecule has 0 radical (unpaired) electrons. The Morgan fingerprint density at radius 3 is 2.54 bits per heavy atom. The standard InChI is InChI=1S/C20H24N2O2S2/c1-15-13-18(22-9-11-25-12-10-22)6-8-20(15)21-26(23,24)19-7-5-16-3-2-4-17(16)14-19/h5-8,13-14,21H,2-4,9-12H2,1H3. The summed E-state index contributed by atoms with van der Waals surface area (Å²) in [5.41, 5.74) is 5.22. The number of nitrogens with zero attached hydrogens (tertiary/aromatic N) is 1. The number of rotatable bonds is 4. The molecule has 2 aromatic rings. The number of hydrogen-bond donors (Lipinski definition) is 1. The van der Waals surface area contributed by atoms with Gasteiger partial charge in [0.05, 0.1) is 10.6 Å². The molecule has 0 atom stereocenters. The van der Waals surface area contributed by atoms with E-state index in [1.807, 2.05) is 43.0 Å². The Kier molecular flexibility index (Phi) is 4.88. The van der Waals surface area contributed by atoms with E-state index in [1.54, 1.807) is 6.07 Å². The van der Waals surface area contributed by atoms with E-state index in [2.05, 4.69) is 15.7 Å². The first kappa shape index (κ1) is 17.7. The highest BCUT2D eigenvalue weighted by Crippen LogP contribution is 2.28. The first-order valence-electron chi connectivity index (χ1n) is 9.11. The summed E-state index contributed by atoms with van der Waals surface area (Å²) in [5.74, 6) is 2.29. The maximum Gasteiger partial charge on any atom is 0.261 e. The van der Waals surface area contributed by atoms with E-state index in [-0.39, 0.29) is 0 Å². The van der Waals surface area contributed by atoms with Crippen LogP contribution in [-0.4, -0.2) is 33.0 Å². The fraction of sp³-hybridized carbons (Fsp3) is 0.400. The van der Waals surface area contributed by atoms with Gasteiger partial charge in [-0.3, -0.25) is 4.72 Å². The molecule has 0 spiro atoms. The number of benzene rings is 2. The molecule has 6 heteroatoms. The molecule has 0 unspecified atom stereocenters. The van der Waals surface area contributed by atoms with Gasteiger partial charge in [0.1, 0.15) is 0 Å². The van der Waals surface area contributed by atoms with Crippen LogP contribution in [0.3, 0.4) is 0 Å². The predicted molar refractivity (Wildman–Crippen MR) is 110 cm³/mol. The third kappa shape index (κ3) is 3.58. The highest BCUT2D eigenvalue weighted by atomic mass is 32.2. The van der Waals surface area contributed by atoms with Gasteiger partial charge in [-0.05, 0) is 73.2 Å². The van der Waals surface area contributed by atoms with Crippen molar-refractivity contribution in [1.82, 2.24) is 0 Å². The molecule has 0 saturated carbocycles. The van der Waals surface area contributed by atoms with Crippen LogP contribution in [0.1, 0.15) is 23.1 Å². The second kappa shape index (κ2) is 7.16. The van der Waals surface area contributed by atoms with Crippen molar-refractivity contribution in [3.63, 3.8) is 0 Å². The lowest BCUT2D eigenvalue weighted by Gasteiger charge is -2.29. The minimum atomic E-state index is -3.56. The van der Waals surface area contributed by atoms with Crippen molar-refractivity contribution in [2.75, 3.05) is 34.2 Å². The Morgan fingerprint density at radius 2 is 1.77 bits per heavy atom. The molecule has 2 aromatic carbocycles. The van der Waals surface area contributed by atoms with Gasteiger partial charge in [0.25, 0.3) is 10.0 Å². The SMILES string of the molecule is Cc1cc(N2CCSCC2)ccc1NS(=O)(=O)c1ccc2c(c1)CCC2. The monoisotopic (exact) mass is 388 g/mol. The summed E-state index contributed by atoms with van der Waals surface area (Å²) in [6.07, 6.45) is 3.14. The summed E-state index contributed by atoms with van der Waals surface area (Å²) in [6.45, 7) is 4.05. The predicted octanol–water partition coefficient (Wildman–Crippen LogP) is 3.84. The molecule has 1 N–H and O–H groups in total. The Balaban J connectivity index is 1.56. The Morgan fingerprint density at radius 1 is 1.00 bits per heavy atom. The first-order chi connectivity index (χ1) is 12.5. The van der Waals surface area contributed by atoms with Crippen molar-refractivity contribution in [1.29, 1.82) is 0 Å². The lowest BCUT2D eigenvalue weighted by Crippen LogP contribution is -2.32. The van der Waals surface area contributed by atoms with Crippen LogP contribution in [0.5, 0.6) is 0 Å². The van der Waals surface area contributed by atoms with E-state index in [0.29, 0.717) is 10.6 Å². The number of fused-ring (bicyclic) bond motifs is 1. The molecule has 26 heavy (non-hydrogen) atoms. The van der Waals surface area contributed by atoms with Crippen LogP contribution < -0.4 is 9.62 Å². The number of thioether (sulfide) groups is 1. The van der Waals surface area contributed by atoms with Crippen LogP contribution in [0.2, 0.25) is 0 Å². The number of sulfonamides is 1. The fourth-order valence-electron chi connectivity index (χ4n) is 3.70. The van der Waals surface area contributed by atoms with Gasteiger partial charge in [-0.1, -0.05) is 6.07 Å². The van der Waals surface area contributed by atoms with Crippen molar-refractivity contribution in [3.8, 4) is 0 Å². The highest BCUT2D eigenvalue weighted by molar-refractivity contribution is 7.99. The summed E-state index contributed by atoms with van der Waals surface area (Å²) >= 11 is 1.98. The number of anilines is 2. The van der Waals surface area contributed by atoms with Crippen LogP contribution in [0.4, 0.5) is 11.4 Å². The molecular weight excluding hydrogens is 364 g/mol. The molecule has 0 aromatic heterocycles. The molecule has 2 aliphatic rings. The number of aryl methyl sites for hydroxylation is 3. The fourth-order valence-corrected chi connectivity index (χ4v) is 5.78. The van der Waals surface area contributed by atoms with E-state index < -0.39 is 10.0 Å². The average molecular weight is 389 g/mol. The highest BCUT2D eigenvalue weighted by Gasteiger charge is 2.20. The van der Waals surface area contributed by atoms with Crippen molar-refractivity contribution >= 4 is 33.2 Å². The Labute approximate surface area is 160 Å². The maximum atomic E-state index is 12.8. The molecule has 4 rings (SSSR count). The van der Waals surface area contributed by atoms with Gasteiger partial charge in [-0.2, -0.15) is 11.8 Å². The smallest absolute Gasteiger partial charge is 0.261 e. The molecule has 138 valence electrons. The van der Waals surface area contributed by atoms with Crippen LogP contribution in [0.25, 0.3) is 0 Å². The third-order valence-corrected chi connectivity index (χ3v) is 7.52. The zero-order valence-corrected chi connectivity index (χ0v) is 16.6. The van der Waals surface area contributed by atoms with Gasteiger partial charge in [0.2, 0.25) is 0 Å². The molecule has 1 aliphatic carbocycles.